The average molecular weight is 306 g/mol. The van der Waals surface area contributed by atoms with Crippen molar-refractivity contribution in [3.8, 4) is 0 Å². The van der Waals surface area contributed by atoms with Crippen LogP contribution in [0.2, 0.25) is 0 Å². The smallest absolute Gasteiger partial charge is 0.216 e. The van der Waals surface area contributed by atoms with Gasteiger partial charge in [-0.05, 0) is 44.2 Å². The molecule has 0 unspecified atom stereocenters. The summed E-state index contributed by atoms with van der Waals surface area (Å²) in [5.41, 5.74) is 2.48. The number of hydrogen-bond acceptors (Lipinski definition) is 2. The van der Waals surface area contributed by atoms with Crippen molar-refractivity contribution in [2.75, 3.05) is 13.1 Å². The van der Waals surface area contributed by atoms with Crippen LogP contribution in [0.1, 0.15) is 38.2 Å². The monoisotopic (exact) mass is 306 g/mol. The maximum Gasteiger partial charge on any atom is 0.216 e. The first-order chi connectivity index (χ1) is 10.00. The number of hydrogen-bond donors (Lipinski definition) is 1. The maximum atomic E-state index is 12.2. The van der Waals surface area contributed by atoms with E-state index in [9.17, 15) is 8.42 Å². The van der Waals surface area contributed by atoms with Crippen LogP contribution in [-0.2, 0) is 10.0 Å². The predicted molar refractivity (Wildman–Crippen MR) is 85.9 cm³/mol. The van der Waals surface area contributed by atoms with Gasteiger partial charge in [0.2, 0.25) is 10.0 Å². The molecule has 1 aromatic heterocycles. The SMILES string of the molecule is CC(C)S(=O)(=O)N1CCC(c2c[nH]c3ccccc23)CC1. The number of piperidine rings is 1. The van der Waals surface area contributed by atoms with Crippen LogP contribution in [0.3, 0.4) is 0 Å². The van der Waals surface area contributed by atoms with E-state index in [0.29, 0.717) is 19.0 Å². The van der Waals surface area contributed by atoms with Gasteiger partial charge in [0.1, 0.15) is 0 Å². The van der Waals surface area contributed by atoms with Crippen molar-refractivity contribution in [3.63, 3.8) is 0 Å². The Bertz CT molecular complexity index is 726. The number of H-pyrrole nitrogens is 1. The van der Waals surface area contributed by atoms with Crippen molar-refractivity contribution in [3.05, 3.63) is 36.0 Å². The summed E-state index contributed by atoms with van der Waals surface area (Å²) in [6.07, 6.45) is 3.88. The van der Waals surface area contributed by atoms with Crippen LogP contribution in [0.5, 0.6) is 0 Å². The molecule has 3 rings (SSSR count). The maximum absolute atomic E-state index is 12.2. The van der Waals surface area contributed by atoms with Crippen LogP contribution in [0.4, 0.5) is 0 Å². The molecule has 1 aromatic carbocycles. The molecule has 4 nitrogen and oxygen atoms in total. The number of nitrogens with zero attached hydrogens (tertiary/aromatic N) is 1. The summed E-state index contributed by atoms with van der Waals surface area (Å²) in [4.78, 5) is 3.31. The summed E-state index contributed by atoms with van der Waals surface area (Å²) >= 11 is 0. The molecule has 0 bridgehead atoms. The second kappa shape index (κ2) is 5.46. The highest BCUT2D eigenvalue weighted by Gasteiger charge is 2.31. The van der Waals surface area contributed by atoms with Gasteiger partial charge in [-0.15, -0.1) is 0 Å². The molecule has 0 radical (unpaired) electrons. The average Bonchev–Trinajstić information content (AvgIpc) is 2.91. The summed E-state index contributed by atoms with van der Waals surface area (Å²) in [5, 5.41) is 0.935. The Hall–Kier alpha value is -1.33. The molecule has 21 heavy (non-hydrogen) atoms. The molecule has 2 heterocycles. The number of aromatic amines is 1. The minimum absolute atomic E-state index is 0.331. The van der Waals surface area contributed by atoms with Crippen LogP contribution in [0.15, 0.2) is 30.5 Å². The third kappa shape index (κ3) is 2.60. The Labute approximate surface area is 126 Å². The van der Waals surface area contributed by atoms with Crippen LogP contribution >= 0.6 is 0 Å². The predicted octanol–water partition coefficient (Wildman–Crippen LogP) is 3.09. The molecule has 1 N–H and O–H groups in total. The van der Waals surface area contributed by atoms with Gasteiger partial charge in [0.05, 0.1) is 5.25 Å². The second-order valence-electron chi connectivity index (χ2n) is 6.06. The highest BCUT2D eigenvalue weighted by atomic mass is 32.2. The van der Waals surface area contributed by atoms with Crippen LogP contribution in [0, 0.1) is 0 Å². The molecular formula is C16H22N2O2S. The van der Waals surface area contributed by atoms with Gasteiger partial charge < -0.3 is 4.98 Å². The molecular weight excluding hydrogens is 284 g/mol. The van der Waals surface area contributed by atoms with Crippen molar-refractivity contribution in [2.45, 2.75) is 37.9 Å². The Balaban J connectivity index is 1.77. The molecule has 0 saturated carbocycles. The van der Waals surface area contributed by atoms with Crippen LogP contribution in [-0.4, -0.2) is 36.0 Å². The minimum Gasteiger partial charge on any atom is -0.361 e. The number of benzene rings is 1. The largest absolute Gasteiger partial charge is 0.361 e. The lowest BCUT2D eigenvalue weighted by Gasteiger charge is -2.32. The van der Waals surface area contributed by atoms with E-state index in [1.54, 1.807) is 18.2 Å². The summed E-state index contributed by atoms with van der Waals surface area (Å²) in [6.45, 7) is 4.76. The third-order valence-corrected chi connectivity index (χ3v) is 6.75. The van der Waals surface area contributed by atoms with E-state index in [0.717, 1.165) is 18.4 Å². The molecule has 0 spiro atoms. The number of aromatic nitrogens is 1. The molecule has 5 heteroatoms. The first-order valence-corrected chi connectivity index (χ1v) is 9.05. The zero-order valence-corrected chi connectivity index (χ0v) is 13.4. The van der Waals surface area contributed by atoms with Crippen molar-refractivity contribution < 1.29 is 8.42 Å². The lowest BCUT2D eigenvalue weighted by Crippen LogP contribution is -2.41. The van der Waals surface area contributed by atoms with Crippen molar-refractivity contribution >= 4 is 20.9 Å². The van der Waals surface area contributed by atoms with Gasteiger partial charge in [-0.25, -0.2) is 12.7 Å². The van der Waals surface area contributed by atoms with Gasteiger partial charge in [0, 0.05) is 30.2 Å². The summed E-state index contributed by atoms with van der Waals surface area (Å²) in [7, 11) is -3.11. The molecule has 0 aliphatic carbocycles. The van der Waals surface area contributed by atoms with Gasteiger partial charge in [-0.3, -0.25) is 0 Å². The van der Waals surface area contributed by atoms with Crippen molar-refractivity contribution in [1.29, 1.82) is 0 Å². The molecule has 1 aliphatic heterocycles. The van der Waals surface area contributed by atoms with E-state index in [1.807, 2.05) is 6.07 Å². The zero-order valence-electron chi connectivity index (χ0n) is 12.5. The number of nitrogens with one attached hydrogen (secondary N) is 1. The summed E-state index contributed by atoms with van der Waals surface area (Å²) in [6, 6.07) is 8.30. The topological polar surface area (TPSA) is 53.2 Å². The van der Waals surface area contributed by atoms with E-state index < -0.39 is 10.0 Å². The Morgan fingerprint density at radius 3 is 2.52 bits per heavy atom. The number of rotatable bonds is 3. The van der Waals surface area contributed by atoms with E-state index in [4.69, 9.17) is 0 Å². The van der Waals surface area contributed by atoms with Crippen LogP contribution < -0.4 is 0 Å². The Morgan fingerprint density at radius 1 is 1.19 bits per heavy atom. The lowest BCUT2D eigenvalue weighted by molar-refractivity contribution is 0.318. The normalized spacial score (nSPS) is 18.6. The molecule has 114 valence electrons. The summed E-state index contributed by atoms with van der Waals surface area (Å²) < 4.78 is 26.1. The Morgan fingerprint density at radius 2 is 1.86 bits per heavy atom. The molecule has 1 aliphatic rings. The number of fused-ring (bicyclic) bond motifs is 1. The first kappa shape index (κ1) is 14.6. The Kier molecular flexibility index (Phi) is 3.80. The zero-order chi connectivity index (χ0) is 15.0. The minimum atomic E-state index is -3.11. The second-order valence-corrected chi connectivity index (χ2v) is 8.55. The first-order valence-electron chi connectivity index (χ1n) is 7.55. The standard InChI is InChI=1S/C16H22N2O2S/c1-12(2)21(19,20)18-9-7-13(8-10-18)15-11-17-16-6-4-3-5-14(15)16/h3-6,11-13,17H,7-10H2,1-2H3. The fourth-order valence-electron chi connectivity index (χ4n) is 3.15. The molecule has 0 atom stereocenters. The lowest BCUT2D eigenvalue weighted by atomic mass is 9.90. The fraction of sp³-hybridized carbons (Fsp3) is 0.500. The highest BCUT2D eigenvalue weighted by Crippen LogP contribution is 2.34. The van der Waals surface area contributed by atoms with Crippen LogP contribution in [0.25, 0.3) is 10.9 Å². The quantitative estimate of drug-likeness (QED) is 0.947. The van der Waals surface area contributed by atoms with Gasteiger partial charge >= 0.3 is 0 Å². The van der Waals surface area contributed by atoms with Crippen molar-refractivity contribution in [1.82, 2.24) is 9.29 Å². The molecule has 1 fully saturated rings. The van der Waals surface area contributed by atoms with Crippen molar-refractivity contribution in [2.24, 2.45) is 0 Å². The van der Waals surface area contributed by atoms with E-state index in [1.165, 1.54) is 10.9 Å². The fourth-order valence-corrected chi connectivity index (χ4v) is 4.47. The van der Waals surface area contributed by atoms with E-state index in [2.05, 4.69) is 29.4 Å². The van der Waals surface area contributed by atoms with Gasteiger partial charge in [-0.2, -0.15) is 0 Å². The highest BCUT2D eigenvalue weighted by molar-refractivity contribution is 7.89. The molecule has 0 amide bonds. The molecule has 2 aromatic rings. The third-order valence-electron chi connectivity index (χ3n) is 4.47. The molecule has 1 saturated heterocycles. The number of sulfonamides is 1. The number of para-hydroxylation sites is 1. The van der Waals surface area contributed by atoms with Gasteiger partial charge in [0.25, 0.3) is 0 Å². The van der Waals surface area contributed by atoms with E-state index >= 15 is 0 Å². The van der Waals surface area contributed by atoms with Gasteiger partial charge in [-0.1, -0.05) is 18.2 Å². The van der Waals surface area contributed by atoms with E-state index in [-0.39, 0.29) is 5.25 Å². The van der Waals surface area contributed by atoms with Gasteiger partial charge in [0.15, 0.2) is 0 Å². The summed E-state index contributed by atoms with van der Waals surface area (Å²) in [5.74, 6) is 0.444.